The van der Waals surface area contributed by atoms with Gasteiger partial charge in [-0.1, -0.05) is 6.92 Å². The summed E-state index contributed by atoms with van der Waals surface area (Å²) in [6, 6.07) is 0. The molecule has 0 unspecified atom stereocenters. The molecule has 0 radical (unpaired) electrons. The molecule has 0 heterocycles. The number of hydrogen-bond donors (Lipinski definition) is 0. The third-order valence-electron chi connectivity index (χ3n) is 1.58. The van der Waals surface area contributed by atoms with Crippen LogP contribution in [0.2, 0.25) is 0 Å². The molecule has 0 saturated carbocycles. The molecule has 0 fully saturated rings. The quantitative estimate of drug-likeness (QED) is 0.561. The zero-order valence-electron chi connectivity index (χ0n) is 9.28. The highest BCUT2D eigenvalue weighted by molar-refractivity contribution is 5.98. The Morgan fingerprint density at radius 3 is 1.88 bits per heavy atom. The zero-order valence-corrected chi connectivity index (χ0v) is 9.28. The number of hydrogen-bond acceptors (Lipinski definition) is 2. The van der Waals surface area contributed by atoms with Crippen LogP contribution < -0.4 is 0 Å². The predicted molar refractivity (Wildman–Crippen MR) is 55.8 cm³/mol. The molecule has 0 saturated heterocycles. The number of rotatable bonds is 4. The first kappa shape index (κ1) is 15.2. The summed E-state index contributed by atoms with van der Waals surface area (Å²) < 4.78 is 35.2. The Morgan fingerprint density at radius 2 is 1.47 bits per heavy atom. The van der Waals surface area contributed by atoms with E-state index in [-0.39, 0.29) is 5.78 Å². The Balaban J connectivity index is 4.10. The molecule has 0 aromatic heterocycles. The molecule has 0 atom stereocenters. The van der Waals surface area contributed by atoms with Crippen LogP contribution in [0.25, 0.3) is 0 Å². The van der Waals surface area contributed by atoms with Gasteiger partial charge in [-0.05, 0) is 30.1 Å². The minimum absolute atomic E-state index is 0.301. The van der Waals surface area contributed by atoms with Gasteiger partial charge in [0.25, 0.3) is 0 Å². The van der Waals surface area contributed by atoms with Crippen molar-refractivity contribution in [3.63, 3.8) is 0 Å². The van der Waals surface area contributed by atoms with Crippen molar-refractivity contribution in [2.45, 2.75) is 38.8 Å². The standard InChI is InChI=1S/C12H11F3O2/c1-2-5-10(16)6-3-4-7-11(17)8-9-12(13,14)15/h2,5,8-9H2,1H3. The Morgan fingerprint density at radius 1 is 1.00 bits per heavy atom. The molecule has 0 aromatic rings. The van der Waals surface area contributed by atoms with Gasteiger partial charge in [-0.15, -0.1) is 0 Å². The van der Waals surface area contributed by atoms with Crippen LogP contribution in [-0.2, 0) is 9.59 Å². The largest absolute Gasteiger partial charge is 0.389 e. The molecule has 0 aromatic carbocycles. The van der Waals surface area contributed by atoms with Gasteiger partial charge in [0, 0.05) is 12.8 Å². The van der Waals surface area contributed by atoms with Crippen LogP contribution in [-0.4, -0.2) is 17.7 Å². The molecular formula is C12H11F3O2. The van der Waals surface area contributed by atoms with E-state index >= 15 is 0 Å². The predicted octanol–water partition coefficient (Wildman–Crippen LogP) is 2.27. The Bertz CT molecular complexity index is 399. The molecule has 0 N–H and O–H groups in total. The average Bonchev–Trinajstić information content (AvgIpc) is 2.21. The summed E-state index contributed by atoms with van der Waals surface area (Å²) in [7, 11) is 0. The smallest absolute Gasteiger partial charge is 0.285 e. The van der Waals surface area contributed by atoms with Crippen molar-refractivity contribution < 1.29 is 22.8 Å². The SMILES string of the molecule is CCCC(=O)C#CC#CC(=O)CCC(F)(F)F. The summed E-state index contributed by atoms with van der Waals surface area (Å²) >= 11 is 0. The van der Waals surface area contributed by atoms with E-state index in [1.165, 1.54) is 0 Å². The normalized spacial score (nSPS) is 9.65. The van der Waals surface area contributed by atoms with Crippen LogP contribution in [0.5, 0.6) is 0 Å². The van der Waals surface area contributed by atoms with Crippen molar-refractivity contribution in [3.05, 3.63) is 0 Å². The molecular weight excluding hydrogens is 233 g/mol. The van der Waals surface area contributed by atoms with E-state index in [1.54, 1.807) is 0 Å². The molecule has 0 rings (SSSR count). The van der Waals surface area contributed by atoms with E-state index in [9.17, 15) is 22.8 Å². The maximum Gasteiger partial charge on any atom is 0.389 e. The number of ketones is 2. The van der Waals surface area contributed by atoms with E-state index in [0.717, 1.165) is 0 Å². The highest BCUT2D eigenvalue weighted by atomic mass is 19.4. The fourth-order valence-corrected chi connectivity index (χ4v) is 0.809. The van der Waals surface area contributed by atoms with Crippen molar-refractivity contribution in [2.75, 3.05) is 0 Å². The van der Waals surface area contributed by atoms with Crippen molar-refractivity contribution in [1.29, 1.82) is 0 Å². The van der Waals surface area contributed by atoms with Crippen LogP contribution in [0.15, 0.2) is 0 Å². The van der Waals surface area contributed by atoms with E-state index in [4.69, 9.17) is 0 Å². The molecule has 17 heavy (non-hydrogen) atoms. The second kappa shape index (κ2) is 7.51. The molecule has 0 aliphatic heterocycles. The van der Waals surface area contributed by atoms with Gasteiger partial charge in [-0.25, -0.2) is 0 Å². The second-order valence-electron chi connectivity index (χ2n) is 3.21. The third-order valence-corrected chi connectivity index (χ3v) is 1.58. The molecule has 0 spiro atoms. The van der Waals surface area contributed by atoms with E-state index in [2.05, 4.69) is 17.8 Å². The lowest BCUT2D eigenvalue weighted by Gasteiger charge is -2.01. The minimum atomic E-state index is -4.36. The Labute approximate surface area is 97.6 Å². The second-order valence-corrected chi connectivity index (χ2v) is 3.21. The first-order valence-corrected chi connectivity index (χ1v) is 4.99. The summed E-state index contributed by atoms with van der Waals surface area (Å²) in [5, 5.41) is 0. The van der Waals surface area contributed by atoms with Gasteiger partial charge in [0.05, 0.1) is 6.42 Å². The maximum atomic E-state index is 11.7. The van der Waals surface area contributed by atoms with Crippen LogP contribution in [0.1, 0.15) is 32.6 Å². The number of halogens is 3. The van der Waals surface area contributed by atoms with Crippen LogP contribution >= 0.6 is 0 Å². The van der Waals surface area contributed by atoms with Crippen LogP contribution in [0.3, 0.4) is 0 Å². The highest BCUT2D eigenvalue weighted by Crippen LogP contribution is 2.21. The number of carbonyl (C=O) groups excluding carboxylic acids is 2. The molecule has 0 aliphatic rings. The fraction of sp³-hybridized carbons (Fsp3) is 0.500. The van der Waals surface area contributed by atoms with Gasteiger partial charge < -0.3 is 0 Å². The van der Waals surface area contributed by atoms with Crippen LogP contribution in [0, 0.1) is 23.7 Å². The van der Waals surface area contributed by atoms with E-state index in [0.29, 0.717) is 12.8 Å². The van der Waals surface area contributed by atoms with Crippen LogP contribution in [0.4, 0.5) is 13.2 Å². The summed E-state index contributed by atoms with van der Waals surface area (Å²) in [6.07, 6.45) is -5.27. The van der Waals surface area contributed by atoms with E-state index in [1.807, 2.05) is 12.8 Å². The van der Waals surface area contributed by atoms with Gasteiger partial charge in [-0.3, -0.25) is 9.59 Å². The van der Waals surface area contributed by atoms with Crippen molar-refractivity contribution in [1.82, 2.24) is 0 Å². The topological polar surface area (TPSA) is 34.1 Å². The van der Waals surface area contributed by atoms with Gasteiger partial charge >= 0.3 is 6.18 Å². The molecule has 0 aliphatic carbocycles. The molecule has 0 amide bonds. The molecule has 92 valence electrons. The van der Waals surface area contributed by atoms with Gasteiger partial charge in [0.2, 0.25) is 11.6 Å². The molecule has 5 heteroatoms. The highest BCUT2D eigenvalue weighted by Gasteiger charge is 2.27. The van der Waals surface area contributed by atoms with Gasteiger partial charge in [0.1, 0.15) is 0 Å². The fourth-order valence-electron chi connectivity index (χ4n) is 0.809. The maximum absolute atomic E-state index is 11.7. The van der Waals surface area contributed by atoms with Crippen molar-refractivity contribution in [3.8, 4) is 23.7 Å². The summed E-state index contributed by atoms with van der Waals surface area (Å²) in [5.41, 5.74) is 0. The number of alkyl halides is 3. The lowest BCUT2D eigenvalue weighted by molar-refractivity contribution is -0.141. The summed E-state index contributed by atoms with van der Waals surface area (Å²) in [4.78, 5) is 21.7. The summed E-state index contributed by atoms with van der Waals surface area (Å²) in [5.74, 6) is 7.17. The van der Waals surface area contributed by atoms with E-state index < -0.39 is 24.8 Å². The minimum Gasteiger partial charge on any atom is -0.285 e. The first-order valence-electron chi connectivity index (χ1n) is 4.99. The molecule has 2 nitrogen and oxygen atoms in total. The average molecular weight is 244 g/mol. The number of carbonyl (C=O) groups is 2. The van der Waals surface area contributed by atoms with Gasteiger partial charge in [0.15, 0.2) is 0 Å². The monoisotopic (exact) mass is 244 g/mol. The van der Waals surface area contributed by atoms with Crippen molar-refractivity contribution in [2.24, 2.45) is 0 Å². The summed E-state index contributed by atoms with van der Waals surface area (Å²) in [6.45, 7) is 1.81. The first-order chi connectivity index (χ1) is 7.85. The Kier molecular flexibility index (Phi) is 6.74. The zero-order chi connectivity index (χ0) is 13.3. The lowest BCUT2D eigenvalue weighted by Crippen LogP contribution is -2.09. The number of Topliss-reactive ketones (excluding diaryl/α,β-unsaturated/α-hetero) is 2. The Hall–Kier alpha value is -1.75. The lowest BCUT2D eigenvalue weighted by atomic mass is 10.2. The molecule has 0 bridgehead atoms. The van der Waals surface area contributed by atoms with Gasteiger partial charge in [-0.2, -0.15) is 13.2 Å². The van der Waals surface area contributed by atoms with Crippen molar-refractivity contribution >= 4 is 11.6 Å². The third kappa shape index (κ3) is 10.5.